The van der Waals surface area contributed by atoms with Gasteiger partial charge in [0.25, 0.3) is 0 Å². The van der Waals surface area contributed by atoms with Crippen LogP contribution in [0.3, 0.4) is 0 Å². The molecule has 0 bridgehead atoms. The summed E-state index contributed by atoms with van der Waals surface area (Å²) in [4.78, 5) is 0. The van der Waals surface area contributed by atoms with E-state index in [-0.39, 0.29) is 17.8 Å². The molecule has 0 saturated carbocycles. The van der Waals surface area contributed by atoms with Crippen molar-refractivity contribution in [3.63, 3.8) is 0 Å². The second kappa shape index (κ2) is 7.22. The van der Waals surface area contributed by atoms with E-state index in [1.807, 2.05) is 0 Å². The minimum Gasteiger partial charge on any atom is -0.373 e. The van der Waals surface area contributed by atoms with Crippen LogP contribution in [0.4, 0.5) is 4.39 Å². The summed E-state index contributed by atoms with van der Waals surface area (Å²) < 4.78 is 19.8. The maximum absolute atomic E-state index is 14.0. The summed E-state index contributed by atoms with van der Waals surface area (Å²) in [6, 6.07) is 4.82. The normalized spacial score (nSPS) is 23.5. The monoisotopic (exact) mass is 285 g/mol. The molecule has 1 saturated heterocycles. The maximum atomic E-state index is 14.0. The third-order valence-electron chi connectivity index (χ3n) is 3.56. The van der Waals surface area contributed by atoms with Crippen molar-refractivity contribution >= 4 is 11.6 Å². The van der Waals surface area contributed by atoms with Crippen molar-refractivity contribution in [2.24, 2.45) is 5.92 Å². The zero-order chi connectivity index (χ0) is 13.7. The van der Waals surface area contributed by atoms with Crippen molar-refractivity contribution in [3.8, 4) is 0 Å². The highest BCUT2D eigenvalue weighted by molar-refractivity contribution is 6.31. The standard InChI is InChI=1S/C15H21ClFNO/c1-2-8-18-10-11-5-4-9-19-15(11)14-12(16)6-3-7-13(14)17/h3,6-7,11,15,18H,2,4-5,8-10H2,1H3. The Hall–Kier alpha value is -0.640. The number of nitrogens with one attached hydrogen (secondary N) is 1. The Morgan fingerprint density at radius 1 is 1.47 bits per heavy atom. The molecule has 2 nitrogen and oxygen atoms in total. The first-order valence-electron chi connectivity index (χ1n) is 7.00. The first kappa shape index (κ1) is 14.8. The van der Waals surface area contributed by atoms with Crippen LogP contribution < -0.4 is 5.32 Å². The van der Waals surface area contributed by atoms with E-state index in [1.54, 1.807) is 12.1 Å². The lowest BCUT2D eigenvalue weighted by Crippen LogP contribution is -2.32. The van der Waals surface area contributed by atoms with Crippen LogP contribution in [0.25, 0.3) is 0 Å². The molecule has 1 aliphatic heterocycles. The van der Waals surface area contributed by atoms with Gasteiger partial charge in [-0.2, -0.15) is 0 Å². The molecule has 1 N–H and O–H groups in total. The van der Waals surface area contributed by atoms with E-state index in [0.29, 0.717) is 17.2 Å². The zero-order valence-electron chi connectivity index (χ0n) is 11.3. The summed E-state index contributed by atoms with van der Waals surface area (Å²) in [5.41, 5.74) is 0.521. The van der Waals surface area contributed by atoms with Gasteiger partial charge in [-0.05, 0) is 37.9 Å². The molecule has 0 aliphatic carbocycles. The molecule has 1 heterocycles. The highest BCUT2D eigenvalue weighted by Crippen LogP contribution is 2.38. The lowest BCUT2D eigenvalue weighted by atomic mass is 9.89. The van der Waals surface area contributed by atoms with E-state index in [4.69, 9.17) is 16.3 Å². The van der Waals surface area contributed by atoms with Crippen LogP contribution in [-0.2, 0) is 4.74 Å². The predicted molar refractivity (Wildman–Crippen MR) is 76.0 cm³/mol. The molecule has 0 radical (unpaired) electrons. The summed E-state index contributed by atoms with van der Waals surface area (Å²) in [5, 5.41) is 3.86. The molecular weight excluding hydrogens is 265 g/mol. The van der Waals surface area contributed by atoms with Gasteiger partial charge in [-0.3, -0.25) is 0 Å². The Kier molecular flexibility index (Phi) is 5.61. The van der Waals surface area contributed by atoms with Crippen LogP contribution in [0.1, 0.15) is 37.9 Å². The number of ether oxygens (including phenoxy) is 1. The van der Waals surface area contributed by atoms with Gasteiger partial charge in [-0.15, -0.1) is 0 Å². The average molecular weight is 286 g/mol. The minimum absolute atomic E-state index is 0.230. The molecule has 106 valence electrons. The average Bonchev–Trinajstić information content (AvgIpc) is 2.40. The van der Waals surface area contributed by atoms with Gasteiger partial charge in [-0.25, -0.2) is 4.39 Å². The van der Waals surface area contributed by atoms with E-state index < -0.39 is 0 Å². The van der Waals surface area contributed by atoms with Crippen LogP contribution in [0.2, 0.25) is 5.02 Å². The van der Waals surface area contributed by atoms with Crippen molar-refractivity contribution in [1.82, 2.24) is 5.32 Å². The Labute approximate surface area is 119 Å². The van der Waals surface area contributed by atoms with Crippen LogP contribution in [0.5, 0.6) is 0 Å². The predicted octanol–water partition coefficient (Wildman–Crippen LogP) is 3.95. The molecule has 19 heavy (non-hydrogen) atoms. The molecule has 2 unspecified atom stereocenters. The van der Waals surface area contributed by atoms with Gasteiger partial charge in [0, 0.05) is 29.7 Å². The van der Waals surface area contributed by atoms with Gasteiger partial charge < -0.3 is 10.1 Å². The second-order valence-electron chi connectivity index (χ2n) is 5.03. The van der Waals surface area contributed by atoms with Crippen molar-refractivity contribution < 1.29 is 9.13 Å². The molecule has 2 atom stereocenters. The zero-order valence-corrected chi connectivity index (χ0v) is 12.0. The van der Waals surface area contributed by atoms with Gasteiger partial charge >= 0.3 is 0 Å². The molecule has 1 aromatic carbocycles. The Morgan fingerprint density at radius 2 is 2.32 bits per heavy atom. The summed E-state index contributed by atoms with van der Waals surface area (Å²) in [6.45, 7) is 4.65. The largest absolute Gasteiger partial charge is 0.373 e. The topological polar surface area (TPSA) is 21.3 Å². The molecule has 2 rings (SSSR count). The van der Waals surface area contributed by atoms with E-state index in [2.05, 4.69) is 12.2 Å². The van der Waals surface area contributed by atoms with Crippen LogP contribution in [0, 0.1) is 11.7 Å². The molecular formula is C15H21ClFNO. The molecule has 1 aromatic rings. The summed E-state index contributed by atoms with van der Waals surface area (Å²) in [6.07, 6.45) is 2.94. The van der Waals surface area contributed by atoms with Gasteiger partial charge in [0.2, 0.25) is 0 Å². The number of benzene rings is 1. The molecule has 0 amide bonds. The fraction of sp³-hybridized carbons (Fsp3) is 0.600. The first-order valence-corrected chi connectivity index (χ1v) is 7.38. The van der Waals surface area contributed by atoms with Crippen LogP contribution >= 0.6 is 11.6 Å². The Balaban J connectivity index is 2.14. The maximum Gasteiger partial charge on any atom is 0.130 e. The molecule has 0 aromatic heterocycles. The van der Waals surface area contributed by atoms with Gasteiger partial charge in [0.15, 0.2) is 0 Å². The molecule has 1 aliphatic rings. The van der Waals surface area contributed by atoms with E-state index in [9.17, 15) is 4.39 Å². The molecule has 4 heteroatoms. The van der Waals surface area contributed by atoms with Crippen molar-refractivity contribution in [3.05, 3.63) is 34.6 Å². The third-order valence-corrected chi connectivity index (χ3v) is 3.89. The fourth-order valence-corrected chi connectivity index (χ4v) is 2.89. The minimum atomic E-state index is -0.264. The fourth-order valence-electron chi connectivity index (χ4n) is 2.62. The highest BCUT2D eigenvalue weighted by Gasteiger charge is 2.30. The summed E-state index contributed by atoms with van der Waals surface area (Å²) in [7, 11) is 0. The lowest BCUT2D eigenvalue weighted by molar-refractivity contribution is -0.0295. The number of hydrogen-bond acceptors (Lipinski definition) is 2. The van der Waals surface area contributed by atoms with Crippen molar-refractivity contribution in [2.75, 3.05) is 19.7 Å². The quantitative estimate of drug-likeness (QED) is 0.827. The third kappa shape index (κ3) is 3.68. The number of rotatable bonds is 5. The SMILES string of the molecule is CCCNCC1CCCOC1c1c(F)cccc1Cl. The summed E-state index contributed by atoms with van der Waals surface area (Å²) in [5.74, 6) is 0.0228. The highest BCUT2D eigenvalue weighted by atomic mass is 35.5. The van der Waals surface area contributed by atoms with Crippen molar-refractivity contribution in [2.45, 2.75) is 32.3 Å². The van der Waals surface area contributed by atoms with Gasteiger partial charge in [-0.1, -0.05) is 24.6 Å². The smallest absolute Gasteiger partial charge is 0.130 e. The van der Waals surface area contributed by atoms with Gasteiger partial charge in [0.05, 0.1) is 6.10 Å². The second-order valence-corrected chi connectivity index (χ2v) is 5.44. The summed E-state index contributed by atoms with van der Waals surface area (Å²) >= 11 is 6.15. The van der Waals surface area contributed by atoms with E-state index >= 15 is 0 Å². The Bertz CT molecular complexity index is 393. The molecule has 0 spiro atoms. The Morgan fingerprint density at radius 3 is 3.05 bits per heavy atom. The number of halogens is 2. The van der Waals surface area contributed by atoms with E-state index in [0.717, 1.165) is 32.4 Å². The van der Waals surface area contributed by atoms with Gasteiger partial charge in [0.1, 0.15) is 5.82 Å². The lowest BCUT2D eigenvalue weighted by Gasteiger charge is -2.33. The van der Waals surface area contributed by atoms with Crippen LogP contribution in [0.15, 0.2) is 18.2 Å². The van der Waals surface area contributed by atoms with Crippen LogP contribution in [-0.4, -0.2) is 19.7 Å². The van der Waals surface area contributed by atoms with Crippen molar-refractivity contribution in [1.29, 1.82) is 0 Å². The van der Waals surface area contributed by atoms with E-state index in [1.165, 1.54) is 6.07 Å². The first-order chi connectivity index (χ1) is 9.24. The molecule has 1 fully saturated rings. The number of hydrogen-bond donors (Lipinski definition) is 1.